The zero-order chi connectivity index (χ0) is 16.6. The molecule has 0 fully saturated rings. The topological polar surface area (TPSA) is 58.6 Å². The second kappa shape index (κ2) is 5.93. The number of rotatable bonds is 2. The van der Waals surface area contributed by atoms with Crippen LogP contribution < -0.4 is 15.0 Å². The van der Waals surface area contributed by atoms with Crippen molar-refractivity contribution in [3.8, 4) is 5.75 Å². The lowest BCUT2D eigenvalue weighted by Crippen LogP contribution is -2.41. The van der Waals surface area contributed by atoms with E-state index in [1.165, 1.54) is 4.90 Å². The highest BCUT2D eigenvalue weighted by atomic mass is 35.5. The first kappa shape index (κ1) is 15.4. The summed E-state index contributed by atoms with van der Waals surface area (Å²) in [5.74, 6) is 0.239. The van der Waals surface area contributed by atoms with Crippen molar-refractivity contribution in [3.63, 3.8) is 0 Å². The summed E-state index contributed by atoms with van der Waals surface area (Å²) >= 11 is 5.81. The van der Waals surface area contributed by atoms with E-state index in [0.29, 0.717) is 27.7 Å². The maximum absolute atomic E-state index is 12.2. The number of carbonyl (C=O) groups is 2. The molecule has 1 N–H and O–H groups in total. The minimum atomic E-state index is -0.512. The van der Waals surface area contributed by atoms with Gasteiger partial charge in [0.15, 0.2) is 6.10 Å². The summed E-state index contributed by atoms with van der Waals surface area (Å²) in [6, 6.07) is 11.8. The fourth-order valence-electron chi connectivity index (χ4n) is 2.39. The first-order valence-corrected chi connectivity index (χ1v) is 7.48. The molecule has 23 heavy (non-hydrogen) atoms. The Kier molecular flexibility index (Phi) is 3.96. The van der Waals surface area contributed by atoms with E-state index in [4.69, 9.17) is 16.3 Å². The Hall–Kier alpha value is -2.53. The summed E-state index contributed by atoms with van der Waals surface area (Å²) < 4.78 is 5.55. The molecule has 2 amide bonds. The number of benzene rings is 2. The highest BCUT2D eigenvalue weighted by molar-refractivity contribution is 6.30. The number of ether oxygens (including phenoxy) is 1. The fourth-order valence-corrected chi connectivity index (χ4v) is 2.52. The Morgan fingerprint density at radius 3 is 2.61 bits per heavy atom. The van der Waals surface area contributed by atoms with Crippen molar-refractivity contribution in [1.29, 1.82) is 0 Å². The van der Waals surface area contributed by atoms with E-state index in [9.17, 15) is 9.59 Å². The number of anilines is 2. The van der Waals surface area contributed by atoms with Crippen LogP contribution in [0.4, 0.5) is 11.4 Å². The summed E-state index contributed by atoms with van der Waals surface area (Å²) in [5.41, 5.74) is 1.71. The van der Waals surface area contributed by atoms with Gasteiger partial charge in [0.05, 0.1) is 5.69 Å². The molecule has 118 valence electrons. The molecule has 6 heteroatoms. The molecule has 2 aromatic rings. The van der Waals surface area contributed by atoms with Gasteiger partial charge in [0.1, 0.15) is 5.75 Å². The van der Waals surface area contributed by atoms with Crippen molar-refractivity contribution in [1.82, 2.24) is 0 Å². The van der Waals surface area contributed by atoms with Crippen molar-refractivity contribution >= 4 is 34.8 Å². The molecule has 0 aliphatic carbocycles. The van der Waals surface area contributed by atoms with Crippen LogP contribution in [0.5, 0.6) is 5.75 Å². The molecule has 0 saturated carbocycles. The van der Waals surface area contributed by atoms with Crippen LogP contribution in [-0.2, 0) is 4.79 Å². The van der Waals surface area contributed by atoms with Crippen LogP contribution in [0, 0.1) is 0 Å². The maximum Gasteiger partial charge on any atom is 0.267 e. The van der Waals surface area contributed by atoms with E-state index < -0.39 is 6.10 Å². The summed E-state index contributed by atoms with van der Waals surface area (Å²) in [7, 11) is 1.69. The lowest BCUT2D eigenvalue weighted by Gasteiger charge is -2.30. The van der Waals surface area contributed by atoms with Gasteiger partial charge in [-0.2, -0.15) is 0 Å². The third kappa shape index (κ3) is 3.00. The van der Waals surface area contributed by atoms with E-state index in [0.717, 1.165) is 0 Å². The Morgan fingerprint density at radius 2 is 1.91 bits per heavy atom. The molecular formula is C17H15ClN2O3. The zero-order valence-electron chi connectivity index (χ0n) is 12.7. The summed E-state index contributed by atoms with van der Waals surface area (Å²) in [4.78, 5) is 25.7. The van der Waals surface area contributed by atoms with Crippen molar-refractivity contribution < 1.29 is 14.3 Å². The van der Waals surface area contributed by atoms with Crippen molar-refractivity contribution in [2.24, 2.45) is 0 Å². The monoisotopic (exact) mass is 330 g/mol. The number of carbonyl (C=O) groups excluding carboxylic acids is 2. The molecule has 1 unspecified atom stereocenters. The molecule has 1 aliphatic heterocycles. The van der Waals surface area contributed by atoms with Crippen molar-refractivity contribution in [2.75, 3.05) is 17.3 Å². The lowest BCUT2D eigenvalue weighted by atomic mass is 10.1. The Labute approximate surface area is 138 Å². The van der Waals surface area contributed by atoms with Gasteiger partial charge in [-0.3, -0.25) is 9.59 Å². The molecule has 0 radical (unpaired) electrons. The zero-order valence-corrected chi connectivity index (χ0v) is 13.4. The summed E-state index contributed by atoms with van der Waals surface area (Å²) in [5, 5.41) is 3.37. The van der Waals surface area contributed by atoms with Crippen LogP contribution in [0.15, 0.2) is 42.5 Å². The first-order valence-electron chi connectivity index (χ1n) is 7.11. The number of halogens is 1. The van der Waals surface area contributed by atoms with Crippen LogP contribution >= 0.6 is 11.6 Å². The average Bonchev–Trinajstić information content (AvgIpc) is 2.54. The van der Waals surface area contributed by atoms with Gasteiger partial charge in [-0.05, 0) is 49.4 Å². The molecule has 1 atom stereocenters. The number of hydrogen-bond acceptors (Lipinski definition) is 3. The van der Waals surface area contributed by atoms with E-state index in [1.54, 1.807) is 56.4 Å². The van der Waals surface area contributed by atoms with Crippen molar-refractivity contribution in [3.05, 3.63) is 53.1 Å². The molecule has 0 bridgehead atoms. The minimum Gasteiger partial charge on any atom is -0.479 e. The molecule has 0 aromatic heterocycles. The van der Waals surface area contributed by atoms with E-state index in [-0.39, 0.29) is 11.8 Å². The van der Waals surface area contributed by atoms with Gasteiger partial charge in [0, 0.05) is 23.3 Å². The minimum absolute atomic E-state index is 0.126. The van der Waals surface area contributed by atoms with Gasteiger partial charge in [0.25, 0.3) is 11.8 Å². The number of fused-ring (bicyclic) bond motifs is 1. The summed E-state index contributed by atoms with van der Waals surface area (Å²) in [6.45, 7) is 1.71. The number of likely N-dealkylation sites (N-methyl/N-ethyl adjacent to an activating group) is 1. The van der Waals surface area contributed by atoms with E-state index in [2.05, 4.69) is 5.32 Å². The van der Waals surface area contributed by atoms with Crippen LogP contribution in [0.2, 0.25) is 5.02 Å². The Bertz CT molecular complexity index is 774. The smallest absolute Gasteiger partial charge is 0.267 e. The van der Waals surface area contributed by atoms with Crippen LogP contribution in [0.1, 0.15) is 17.3 Å². The number of hydrogen-bond donors (Lipinski definition) is 1. The largest absolute Gasteiger partial charge is 0.479 e. The van der Waals surface area contributed by atoms with Gasteiger partial charge in [-0.15, -0.1) is 0 Å². The molecule has 3 rings (SSSR count). The van der Waals surface area contributed by atoms with Crippen molar-refractivity contribution in [2.45, 2.75) is 13.0 Å². The van der Waals surface area contributed by atoms with E-state index in [1.807, 2.05) is 0 Å². The standard InChI is InChI=1S/C17H15ClN2O3/c1-10-17(22)20(2)14-9-13(7-8-15(14)23-10)19-16(21)11-3-5-12(18)6-4-11/h3-10H,1-2H3,(H,19,21). The number of nitrogens with zero attached hydrogens (tertiary/aromatic N) is 1. The van der Waals surface area contributed by atoms with Crippen LogP contribution in [-0.4, -0.2) is 25.0 Å². The Morgan fingerprint density at radius 1 is 1.22 bits per heavy atom. The number of nitrogens with one attached hydrogen (secondary N) is 1. The van der Waals surface area contributed by atoms with Gasteiger partial charge >= 0.3 is 0 Å². The summed E-state index contributed by atoms with van der Waals surface area (Å²) in [6.07, 6.45) is -0.512. The highest BCUT2D eigenvalue weighted by Crippen LogP contribution is 2.35. The second-order valence-corrected chi connectivity index (χ2v) is 5.74. The first-order chi connectivity index (χ1) is 11.0. The van der Waals surface area contributed by atoms with Gasteiger partial charge in [-0.25, -0.2) is 0 Å². The van der Waals surface area contributed by atoms with Gasteiger partial charge in [0.2, 0.25) is 0 Å². The van der Waals surface area contributed by atoms with Crippen LogP contribution in [0.25, 0.3) is 0 Å². The maximum atomic E-state index is 12.2. The second-order valence-electron chi connectivity index (χ2n) is 5.30. The Balaban J connectivity index is 1.83. The fraction of sp³-hybridized carbons (Fsp3) is 0.176. The quantitative estimate of drug-likeness (QED) is 0.918. The highest BCUT2D eigenvalue weighted by Gasteiger charge is 2.29. The predicted molar refractivity (Wildman–Crippen MR) is 89.3 cm³/mol. The average molecular weight is 331 g/mol. The normalized spacial score (nSPS) is 16.6. The molecular weight excluding hydrogens is 316 g/mol. The molecule has 0 spiro atoms. The molecule has 1 aliphatic rings. The van der Waals surface area contributed by atoms with Crippen LogP contribution in [0.3, 0.4) is 0 Å². The third-order valence-corrected chi connectivity index (χ3v) is 3.92. The molecule has 2 aromatic carbocycles. The molecule has 1 heterocycles. The SMILES string of the molecule is CC1Oc2ccc(NC(=O)c3ccc(Cl)cc3)cc2N(C)C1=O. The lowest BCUT2D eigenvalue weighted by molar-refractivity contribution is -0.125. The van der Waals surface area contributed by atoms with Gasteiger partial charge < -0.3 is 15.0 Å². The number of amides is 2. The molecule has 0 saturated heterocycles. The predicted octanol–water partition coefficient (Wildman–Crippen LogP) is 3.34. The van der Waals surface area contributed by atoms with E-state index >= 15 is 0 Å². The third-order valence-electron chi connectivity index (χ3n) is 3.67. The van der Waals surface area contributed by atoms with Gasteiger partial charge in [-0.1, -0.05) is 11.6 Å². The molecule has 5 nitrogen and oxygen atoms in total.